The number of nitrogens with zero attached hydrogens (tertiary/aromatic N) is 2. The predicted molar refractivity (Wildman–Crippen MR) is 163 cm³/mol. The van der Waals surface area contributed by atoms with Crippen LogP contribution in [0.1, 0.15) is 69.1 Å². The first-order valence-corrected chi connectivity index (χ1v) is 15.8. The fourth-order valence-electron chi connectivity index (χ4n) is 5.15. The molecule has 0 spiro atoms. The molecule has 1 fully saturated rings. The van der Waals surface area contributed by atoms with Crippen LogP contribution in [0.4, 0.5) is 5.69 Å². The van der Waals surface area contributed by atoms with Crippen molar-refractivity contribution in [1.29, 1.82) is 0 Å². The maximum Gasteiger partial charge on any atom is 0.264 e. The summed E-state index contributed by atoms with van der Waals surface area (Å²) in [5.41, 5.74) is 3.25. The SMILES string of the molecule is Cc1ccc(S(=O)(=O)N(CC(=O)N(Cc2ccccc2)C(C)C(=O)NC2CCCC2)c2ccc(C(C)C)cc2)cc1. The number of hydrogen-bond acceptors (Lipinski definition) is 4. The molecule has 0 bridgehead atoms. The number of nitrogens with one attached hydrogen (secondary N) is 1. The summed E-state index contributed by atoms with van der Waals surface area (Å²) >= 11 is 0. The van der Waals surface area contributed by atoms with Gasteiger partial charge in [-0.1, -0.05) is 86.8 Å². The molecule has 8 heteroatoms. The first-order chi connectivity index (χ1) is 19.6. The quantitative estimate of drug-likeness (QED) is 0.314. The summed E-state index contributed by atoms with van der Waals surface area (Å²) in [7, 11) is -4.08. The van der Waals surface area contributed by atoms with E-state index in [2.05, 4.69) is 19.2 Å². The van der Waals surface area contributed by atoms with Gasteiger partial charge >= 0.3 is 0 Å². The van der Waals surface area contributed by atoms with Gasteiger partial charge in [0.25, 0.3) is 10.0 Å². The maximum atomic E-state index is 14.1. The number of sulfonamides is 1. The Morgan fingerprint density at radius 1 is 0.878 bits per heavy atom. The Bertz CT molecular complexity index is 1420. The Morgan fingerprint density at radius 2 is 1.49 bits per heavy atom. The van der Waals surface area contributed by atoms with Gasteiger partial charge in [0.05, 0.1) is 10.6 Å². The van der Waals surface area contributed by atoms with Gasteiger partial charge in [-0.25, -0.2) is 8.42 Å². The van der Waals surface area contributed by atoms with Gasteiger partial charge in [0.2, 0.25) is 11.8 Å². The highest BCUT2D eigenvalue weighted by atomic mass is 32.2. The van der Waals surface area contributed by atoms with Crippen LogP contribution in [-0.2, 0) is 26.2 Å². The van der Waals surface area contributed by atoms with E-state index in [9.17, 15) is 18.0 Å². The Kier molecular flexibility index (Phi) is 9.86. The number of benzene rings is 3. The number of carbonyl (C=O) groups is 2. The molecule has 0 aromatic heterocycles. The van der Waals surface area contributed by atoms with Crippen LogP contribution in [0, 0.1) is 6.92 Å². The van der Waals surface area contributed by atoms with Crippen LogP contribution in [0.2, 0.25) is 0 Å². The van der Waals surface area contributed by atoms with Crippen LogP contribution >= 0.6 is 0 Å². The van der Waals surface area contributed by atoms with Gasteiger partial charge in [0.15, 0.2) is 0 Å². The van der Waals surface area contributed by atoms with Crippen molar-refractivity contribution in [1.82, 2.24) is 10.2 Å². The zero-order valence-electron chi connectivity index (χ0n) is 24.4. The molecule has 2 amide bonds. The highest BCUT2D eigenvalue weighted by Crippen LogP contribution is 2.27. The molecule has 3 aromatic carbocycles. The molecule has 7 nitrogen and oxygen atoms in total. The van der Waals surface area contributed by atoms with Crippen LogP contribution in [0.25, 0.3) is 0 Å². The smallest absolute Gasteiger partial charge is 0.264 e. The summed E-state index contributed by atoms with van der Waals surface area (Å²) in [6.07, 6.45) is 4.01. The van der Waals surface area contributed by atoms with Crippen LogP contribution in [0.5, 0.6) is 0 Å². The zero-order valence-corrected chi connectivity index (χ0v) is 25.2. The molecule has 1 aliphatic carbocycles. The van der Waals surface area contributed by atoms with Crippen molar-refractivity contribution in [2.45, 2.75) is 82.8 Å². The van der Waals surface area contributed by atoms with Crippen molar-refractivity contribution < 1.29 is 18.0 Å². The van der Waals surface area contributed by atoms with E-state index in [-0.39, 0.29) is 29.3 Å². The molecule has 0 aliphatic heterocycles. The normalized spacial score (nSPS) is 14.6. The van der Waals surface area contributed by atoms with E-state index in [1.165, 1.54) is 4.90 Å². The van der Waals surface area contributed by atoms with Crippen molar-refractivity contribution in [3.05, 3.63) is 95.6 Å². The van der Waals surface area contributed by atoms with Crippen molar-refractivity contribution in [3.8, 4) is 0 Å². The molecule has 1 aliphatic rings. The number of amides is 2. The Hall–Kier alpha value is -3.65. The third-order valence-electron chi connectivity index (χ3n) is 7.80. The zero-order chi connectivity index (χ0) is 29.6. The van der Waals surface area contributed by atoms with E-state index in [1.54, 1.807) is 43.3 Å². The minimum absolute atomic E-state index is 0.102. The Labute approximate surface area is 244 Å². The van der Waals surface area contributed by atoms with Gasteiger partial charge in [-0.2, -0.15) is 0 Å². The summed E-state index contributed by atoms with van der Waals surface area (Å²) in [6.45, 7) is 7.48. The Morgan fingerprint density at radius 3 is 2.07 bits per heavy atom. The lowest BCUT2D eigenvalue weighted by molar-refractivity contribution is -0.139. The van der Waals surface area contributed by atoms with Gasteiger partial charge < -0.3 is 10.2 Å². The molecule has 0 heterocycles. The van der Waals surface area contributed by atoms with E-state index in [1.807, 2.05) is 49.4 Å². The summed E-state index contributed by atoms with van der Waals surface area (Å²) in [6, 6.07) is 22.6. The van der Waals surface area contributed by atoms with Crippen molar-refractivity contribution in [2.75, 3.05) is 10.8 Å². The molecule has 218 valence electrons. The molecule has 3 aromatic rings. The van der Waals surface area contributed by atoms with E-state index in [0.717, 1.165) is 46.7 Å². The minimum atomic E-state index is -4.08. The van der Waals surface area contributed by atoms with Crippen molar-refractivity contribution in [3.63, 3.8) is 0 Å². The van der Waals surface area contributed by atoms with Gasteiger partial charge in [-0.3, -0.25) is 13.9 Å². The van der Waals surface area contributed by atoms with Gasteiger partial charge in [0.1, 0.15) is 12.6 Å². The fraction of sp³-hybridized carbons (Fsp3) is 0.394. The van der Waals surface area contributed by atoms with Crippen molar-refractivity contribution in [2.24, 2.45) is 0 Å². The number of hydrogen-bond donors (Lipinski definition) is 1. The third kappa shape index (κ3) is 7.55. The lowest BCUT2D eigenvalue weighted by atomic mass is 10.0. The third-order valence-corrected chi connectivity index (χ3v) is 9.59. The van der Waals surface area contributed by atoms with E-state index >= 15 is 0 Å². The highest BCUT2D eigenvalue weighted by molar-refractivity contribution is 7.92. The summed E-state index contributed by atoms with van der Waals surface area (Å²) < 4.78 is 29.1. The van der Waals surface area contributed by atoms with Gasteiger partial charge in [0, 0.05) is 12.6 Å². The average molecular weight is 576 g/mol. The first kappa shape index (κ1) is 30.3. The highest BCUT2D eigenvalue weighted by Gasteiger charge is 2.33. The summed E-state index contributed by atoms with van der Waals surface area (Å²) in [5.74, 6) is -0.407. The van der Waals surface area contributed by atoms with Crippen LogP contribution in [-0.4, -0.2) is 43.8 Å². The monoisotopic (exact) mass is 575 g/mol. The second-order valence-corrected chi connectivity index (χ2v) is 13.1. The molecule has 1 atom stereocenters. The van der Waals surface area contributed by atoms with E-state index < -0.39 is 28.5 Å². The molecule has 0 saturated heterocycles. The van der Waals surface area contributed by atoms with Crippen LogP contribution in [0.15, 0.2) is 83.8 Å². The number of anilines is 1. The molecule has 1 unspecified atom stereocenters. The lowest BCUT2D eigenvalue weighted by Crippen LogP contribution is -2.52. The number of carbonyl (C=O) groups excluding carboxylic acids is 2. The van der Waals surface area contributed by atoms with E-state index in [0.29, 0.717) is 5.69 Å². The minimum Gasteiger partial charge on any atom is -0.352 e. The van der Waals surface area contributed by atoms with Crippen molar-refractivity contribution >= 4 is 27.5 Å². The second-order valence-electron chi connectivity index (χ2n) is 11.2. The van der Waals surface area contributed by atoms with Gasteiger partial charge in [-0.15, -0.1) is 0 Å². The standard InChI is InChI=1S/C33H41N3O4S/c1-24(2)28-16-18-30(19-17-28)36(41(39,40)31-20-14-25(3)15-21-31)23-32(37)35(22-27-10-6-5-7-11-27)26(4)33(38)34-29-12-8-9-13-29/h5-7,10-11,14-21,24,26,29H,8-9,12-13,22-23H2,1-4H3,(H,34,38). The molecule has 41 heavy (non-hydrogen) atoms. The molecule has 4 rings (SSSR count). The molecular formula is C33H41N3O4S. The largest absolute Gasteiger partial charge is 0.352 e. The predicted octanol–water partition coefficient (Wildman–Crippen LogP) is 5.79. The molecular weight excluding hydrogens is 534 g/mol. The summed E-state index contributed by atoms with van der Waals surface area (Å²) in [4.78, 5) is 29.0. The topological polar surface area (TPSA) is 86.8 Å². The summed E-state index contributed by atoms with van der Waals surface area (Å²) in [5, 5.41) is 3.10. The maximum absolute atomic E-state index is 14.1. The molecule has 1 N–H and O–H groups in total. The number of aryl methyl sites for hydroxylation is 1. The average Bonchev–Trinajstić information content (AvgIpc) is 3.48. The van der Waals surface area contributed by atoms with E-state index in [4.69, 9.17) is 0 Å². The van der Waals surface area contributed by atoms with Crippen LogP contribution in [0.3, 0.4) is 0 Å². The fourth-order valence-corrected chi connectivity index (χ4v) is 6.56. The second kappa shape index (κ2) is 13.3. The molecule has 0 radical (unpaired) electrons. The lowest BCUT2D eigenvalue weighted by Gasteiger charge is -2.32. The first-order valence-electron chi connectivity index (χ1n) is 14.4. The number of rotatable bonds is 11. The molecule has 1 saturated carbocycles. The Balaban J connectivity index is 1.68. The van der Waals surface area contributed by atoms with Gasteiger partial charge in [-0.05, 0) is 68.0 Å². The van der Waals surface area contributed by atoms with Crippen LogP contribution < -0.4 is 9.62 Å².